The van der Waals surface area contributed by atoms with E-state index in [-0.39, 0.29) is 11.7 Å². The van der Waals surface area contributed by atoms with Gasteiger partial charge in [-0.3, -0.25) is 4.79 Å². The SMILES string of the molecule is Cc1sc(NC(=O)CCc2ccsc2)nc1-c1ccc(F)cc1. The Balaban J connectivity index is 1.66. The monoisotopic (exact) mass is 346 g/mol. The van der Waals surface area contributed by atoms with Crippen LogP contribution < -0.4 is 5.32 Å². The van der Waals surface area contributed by atoms with Gasteiger partial charge in [-0.15, -0.1) is 11.3 Å². The quantitative estimate of drug-likeness (QED) is 0.714. The number of aryl methyl sites for hydroxylation is 2. The highest BCUT2D eigenvalue weighted by Gasteiger charge is 2.12. The lowest BCUT2D eigenvalue weighted by Crippen LogP contribution is -2.11. The minimum Gasteiger partial charge on any atom is -0.302 e. The van der Waals surface area contributed by atoms with Crippen molar-refractivity contribution in [2.75, 3.05) is 5.32 Å². The number of carbonyl (C=O) groups is 1. The van der Waals surface area contributed by atoms with Crippen molar-refractivity contribution >= 4 is 33.7 Å². The second kappa shape index (κ2) is 7.02. The standard InChI is InChI=1S/C17H15FN2OS2/c1-11-16(13-3-5-14(18)6-4-13)20-17(23-11)19-15(21)7-2-12-8-9-22-10-12/h3-6,8-10H,2,7H2,1H3,(H,19,20,21). The highest BCUT2D eigenvalue weighted by atomic mass is 32.1. The van der Waals surface area contributed by atoms with Gasteiger partial charge in [0, 0.05) is 16.9 Å². The van der Waals surface area contributed by atoms with Gasteiger partial charge in [-0.1, -0.05) is 0 Å². The summed E-state index contributed by atoms with van der Waals surface area (Å²) in [5, 5.41) is 7.48. The molecule has 23 heavy (non-hydrogen) atoms. The number of amides is 1. The molecule has 3 rings (SSSR count). The molecule has 0 atom stereocenters. The van der Waals surface area contributed by atoms with Gasteiger partial charge in [-0.2, -0.15) is 11.3 Å². The average Bonchev–Trinajstić information content (AvgIpc) is 3.16. The topological polar surface area (TPSA) is 42.0 Å². The third kappa shape index (κ3) is 4.03. The number of rotatable bonds is 5. The molecule has 3 nitrogen and oxygen atoms in total. The first-order valence-electron chi connectivity index (χ1n) is 7.16. The van der Waals surface area contributed by atoms with Crippen molar-refractivity contribution in [3.8, 4) is 11.3 Å². The number of carbonyl (C=O) groups excluding carboxylic acids is 1. The van der Waals surface area contributed by atoms with Crippen LogP contribution in [0.4, 0.5) is 9.52 Å². The summed E-state index contributed by atoms with van der Waals surface area (Å²) in [7, 11) is 0. The summed E-state index contributed by atoms with van der Waals surface area (Å²) in [5.41, 5.74) is 2.80. The van der Waals surface area contributed by atoms with Crippen molar-refractivity contribution in [3.05, 3.63) is 57.3 Å². The maximum atomic E-state index is 13.0. The molecule has 0 spiro atoms. The molecule has 0 radical (unpaired) electrons. The summed E-state index contributed by atoms with van der Waals surface area (Å²) in [6.45, 7) is 1.94. The lowest BCUT2D eigenvalue weighted by atomic mass is 10.1. The largest absolute Gasteiger partial charge is 0.302 e. The molecule has 2 heterocycles. The first kappa shape index (κ1) is 15.8. The molecular formula is C17H15FN2OS2. The molecule has 1 N–H and O–H groups in total. The van der Waals surface area contributed by atoms with Gasteiger partial charge in [-0.25, -0.2) is 9.37 Å². The Hall–Kier alpha value is -2.05. The number of aromatic nitrogens is 1. The van der Waals surface area contributed by atoms with Gasteiger partial charge in [0.25, 0.3) is 0 Å². The fourth-order valence-electron chi connectivity index (χ4n) is 2.20. The van der Waals surface area contributed by atoms with E-state index < -0.39 is 0 Å². The second-order valence-corrected chi connectivity index (χ2v) is 7.09. The average molecular weight is 346 g/mol. The zero-order valence-electron chi connectivity index (χ0n) is 12.5. The van der Waals surface area contributed by atoms with Gasteiger partial charge in [-0.05, 0) is 60.0 Å². The molecule has 0 aliphatic carbocycles. The third-order valence-electron chi connectivity index (χ3n) is 3.38. The number of benzene rings is 1. The molecule has 0 fully saturated rings. The number of hydrogen-bond acceptors (Lipinski definition) is 4. The van der Waals surface area contributed by atoms with Crippen LogP contribution in [0.5, 0.6) is 0 Å². The van der Waals surface area contributed by atoms with Gasteiger partial charge in [0.05, 0.1) is 5.69 Å². The second-order valence-electron chi connectivity index (χ2n) is 5.11. The van der Waals surface area contributed by atoms with E-state index in [0.717, 1.165) is 22.6 Å². The summed E-state index contributed by atoms with van der Waals surface area (Å²) in [6.07, 6.45) is 1.16. The number of halogens is 1. The van der Waals surface area contributed by atoms with Gasteiger partial charge < -0.3 is 5.32 Å². The predicted octanol–water partition coefficient (Wildman–Crippen LogP) is 4.89. The molecule has 3 aromatic rings. The fourth-order valence-corrected chi connectivity index (χ4v) is 3.76. The van der Waals surface area contributed by atoms with Crippen molar-refractivity contribution in [1.82, 2.24) is 4.98 Å². The Labute approximate surface area is 141 Å². The van der Waals surface area contributed by atoms with Crippen LogP contribution in [-0.4, -0.2) is 10.9 Å². The number of thiazole rings is 1. The van der Waals surface area contributed by atoms with Gasteiger partial charge in [0.2, 0.25) is 5.91 Å². The number of nitrogens with one attached hydrogen (secondary N) is 1. The zero-order chi connectivity index (χ0) is 16.2. The minimum absolute atomic E-state index is 0.0457. The molecule has 1 aromatic carbocycles. The van der Waals surface area contributed by atoms with E-state index in [2.05, 4.69) is 10.3 Å². The molecule has 118 valence electrons. The van der Waals surface area contributed by atoms with E-state index >= 15 is 0 Å². The summed E-state index contributed by atoms with van der Waals surface area (Å²) in [4.78, 5) is 17.5. The molecule has 0 aliphatic heterocycles. The molecule has 0 saturated carbocycles. The highest BCUT2D eigenvalue weighted by Crippen LogP contribution is 2.30. The number of anilines is 1. The summed E-state index contributed by atoms with van der Waals surface area (Å²) < 4.78 is 13.0. The van der Waals surface area contributed by atoms with E-state index in [0.29, 0.717) is 11.6 Å². The zero-order valence-corrected chi connectivity index (χ0v) is 14.1. The van der Waals surface area contributed by atoms with Crippen LogP contribution in [0.3, 0.4) is 0 Å². The summed E-state index contributed by atoms with van der Waals surface area (Å²) in [5.74, 6) is -0.320. The van der Waals surface area contributed by atoms with Crippen molar-refractivity contribution in [3.63, 3.8) is 0 Å². The van der Waals surface area contributed by atoms with Crippen LogP contribution in [0, 0.1) is 12.7 Å². The van der Waals surface area contributed by atoms with Crippen LogP contribution in [0.25, 0.3) is 11.3 Å². The Kier molecular flexibility index (Phi) is 4.83. The van der Waals surface area contributed by atoms with E-state index in [1.54, 1.807) is 23.5 Å². The molecule has 0 aliphatic rings. The van der Waals surface area contributed by atoms with Gasteiger partial charge in [0.15, 0.2) is 5.13 Å². The Morgan fingerprint density at radius 3 is 2.74 bits per heavy atom. The smallest absolute Gasteiger partial charge is 0.226 e. The van der Waals surface area contributed by atoms with Crippen LogP contribution in [0.15, 0.2) is 41.1 Å². The van der Waals surface area contributed by atoms with Crippen molar-refractivity contribution in [2.24, 2.45) is 0 Å². The normalized spacial score (nSPS) is 10.7. The lowest BCUT2D eigenvalue weighted by molar-refractivity contribution is -0.116. The molecule has 1 amide bonds. The number of hydrogen-bond donors (Lipinski definition) is 1. The predicted molar refractivity (Wildman–Crippen MR) is 93.5 cm³/mol. The molecule has 0 bridgehead atoms. The van der Waals surface area contributed by atoms with E-state index in [9.17, 15) is 9.18 Å². The first-order chi connectivity index (χ1) is 11.1. The molecule has 0 unspecified atom stereocenters. The Morgan fingerprint density at radius 1 is 1.26 bits per heavy atom. The summed E-state index contributed by atoms with van der Waals surface area (Å²) >= 11 is 3.06. The molecule has 6 heteroatoms. The Morgan fingerprint density at radius 2 is 2.04 bits per heavy atom. The third-order valence-corrected chi connectivity index (χ3v) is 5.00. The van der Waals surface area contributed by atoms with Crippen LogP contribution in [-0.2, 0) is 11.2 Å². The van der Waals surface area contributed by atoms with E-state index in [4.69, 9.17) is 0 Å². The number of thiophene rings is 1. The van der Waals surface area contributed by atoms with Crippen molar-refractivity contribution in [2.45, 2.75) is 19.8 Å². The van der Waals surface area contributed by atoms with Crippen LogP contribution >= 0.6 is 22.7 Å². The maximum absolute atomic E-state index is 13.0. The maximum Gasteiger partial charge on any atom is 0.226 e. The highest BCUT2D eigenvalue weighted by molar-refractivity contribution is 7.16. The van der Waals surface area contributed by atoms with Gasteiger partial charge in [0.1, 0.15) is 5.82 Å². The van der Waals surface area contributed by atoms with E-state index in [1.165, 1.54) is 29.0 Å². The first-order valence-corrected chi connectivity index (χ1v) is 8.92. The van der Waals surface area contributed by atoms with Crippen molar-refractivity contribution in [1.29, 1.82) is 0 Å². The van der Waals surface area contributed by atoms with E-state index in [1.807, 2.05) is 23.8 Å². The molecular weight excluding hydrogens is 331 g/mol. The van der Waals surface area contributed by atoms with Crippen LogP contribution in [0.1, 0.15) is 16.9 Å². The van der Waals surface area contributed by atoms with Crippen molar-refractivity contribution < 1.29 is 9.18 Å². The Bertz CT molecular complexity index is 795. The summed E-state index contributed by atoms with van der Waals surface area (Å²) in [6, 6.07) is 8.23. The molecule has 2 aromatic heterocycles. The number of nitrogens with zero attached hydrogens (tertiary/aromatic N) is 1. The van der Waals surface area contributed by atoms with Gasteiger partial charge >= 0.3 is 0 Å². The lowest BCUT2D eigenvalue weighted by Gasteiger charge is -2.00. The fraction of sp³-hybridized carbons (Fsp3) is 0.176. The minimum atomic E-state index is -0.274. The van der Waals surface area contributed by atoms with Crippen LogP contribution in [0.2, 0.25) is 0 Å². The molecule has 0 saturated heterocycles.